The van der Waals surface area contributed by atoms with E-state index in [1.54, 1.807) is 24.3 Å². The summed E-state index contributed by atoms with van der Waals surface area (Å²) in [5.74, 6) is -0.952. The van der Waals surface area contributed by atoms with E-state index in [9.17, 15) is 14.0 Å². The molecule has 2 amide bonds. The molecule has 1 saturated carbocycles. The van der Waals surface area contributed by atoms with Crippen molar-refractivity contribution in [2.24, 2.45) is 0 Å². The highest BCUT2D eigenvalue weighted by Gasteiger charge is 2.27. The molecule has 9 heteroatoms. The number of carbonyl (C=O) groups excluding carboxylic acids is 2. The molecule has 1 aliphatic carbocycles. The highest BCUT2D eigenvalue weighted by Crippen LogP contribution is 2.22. The Balaban J connectivity index is 1.26. The maximum atomic E-state index is 13.4. The van der Waals surface area contributed by atoms with Crippen molar-refractivity contribution in [3.63, 3.8) is 0 Å². The van der Waals surface area contributed by atoms with E-state index in [0.717, 1.165) is 24.3 Å². The van der Waals surface area contributed by atoms with Gasteiger partial charge in [-0.2, -0.15) is 0 Å². The Morgan fingerprint density at radius 2 is 1.81 bits per heavy atom. The van der Waals surface area contributed by atoms with Crippen LogP contribution in [0.5, 0.6) is 5.75 Å². The quantitative estimate of drug-likeness (QED) is 0.548. The van der Waals surface area contributed by atoms with Crippen molar-refractivity contribution in [2.45, 2.75) is 31.3 Å². The lowest BCUT2D eigenvalue weighted by Crippen LogP contribution is -2.39. The molecule has 0 radical (unpaired) electrons. The first-order chi connectivity index (χ1) is 15.4. The van der Waals surface area contributed by atoms with E-state index in [1.807, 2.05) is 6.07 Å². The van der Waals surface area contributed by atoms with Crippen molar-refractivity contribution in [3.05, 3.63) is 70.1 Å². The van der Waals surface area contributed by atoms with E-state index >= 15 is 0 Å². The van der Waals surface area contributed by atoms with Gasteiger partial charge in [0.1, 0.15) is 17.3 Å². The van der Waals surface area contributed by atoms with Crippen LogP contribution in [-0.4, -0.2) is 35.5 Å². The minimum Gasteiger partial charge on any atom is -0.484 e. The third-order valence-corrected chi connectivity index (χ3v) is 5.82. The first-order valence-corrected chi connectivity index (χ1v) is 10.9. The molecule has 0 aliphatic heterocycles. The Morgan fingerprint density at radius 1 is 1.03 bits per heavy atom. The normalized spacial score (nSPS) is 17.8. The monoisotopic (exact) mass is 475 g/mol. The molecule has 3 aromatic rings. The van der Waals surface area contributed by atoms with Gasteiger partial charge in [0.15, 0.2) is 6.61 Å². The van der Waals surface area contributed by atoms with Gasteiger partial charge in [0.05, 0.1) is 10.5 Å². The molecule has 4 rings (SSSR count). The fraction of sp³-hybridized carbons (Fsp3) is 0.261. The lowest BCUT2D eigenvalue weighted by molar-refractivity contribution is -0.123. The zero-order chi connectivity index (χ0) is 22.7. The van der Waals surface area contributed by atoms with Gasteiger partial charge in [-0.05, 0) is 55.7 Å². The van der Waals surface area contributed by atoms with Crippen LogP contribution in [0.1, 0.15) is 29.8 Å². The van der Waals surface area contributed by atoms with E-state index in [-0.39, 0.29) is 41.3 Å². The second kappa shape index (κ2) is 9.71. The van der Waals surface area contributed by atoms with Crippen molar-refractivity contribution in [1.29, 1.82) is 0 Å². The molecule has 2 N–H and O–H groups in total. The highest BCUT2D eigenvalue weighted by atomic mass is 35.5. The second-order valence-electron chi connectivity index (χ2n) is 7.65. The van der Waals surface area contributed by atoms with Crippen molar-refractivity contribution in [1.82, 2.24) is 15.6 Å². The van der Waals surface area contributed by atoms with Gasteiger partial charge >= 0.3 is 0 Å². The summed E-state index contributed by atoms with van der Waals surface area (Å²) in [4.78, 5) is 29.2. The minimum atomic E-state index is -0.608. The van der Waals surface area contributed by atoms with Crippen LogP contribution in [0, 0.1) is 5.82 Å². The summed E-state index contributed by atoms with van der Waals surface area (Å²) in [6.07, 6.45) is 2.08. The van der Waals surface area contributed by atoms with Crippen LogP contribution in [0.15, 0.2) is 48.5 Å². The third-order valence-electron chi connectivity index (χ3n) is 5.28. The van der Waals surface area contributed by atoms with Crippen LogP contribution < -0.4 is 15.4 Å². The molecule has 1 aromatic heterocycles. The summed E-state index contributed by atoms with van der Waals surface area (Å²) in [7, 11) is 0. The van der Waals surface area contributed by atoms with Crippen LogP contribution in [0.25, 0.3) is 10.9 Å². The standard InChI is InChI=1S/C23H20Cl2FN3O3/c24-14-2-8-20-13(9-14)1-7-21(29-20)23(31)28-16-4-3-15(10-16)27-22(30)12-32-17-5-6-18(25)19(26)11-17/h1-2,5-9,11,15-16H,3-4,10,12H2,(H,27,30)(H,28,31)/t15-,16+/m1/s1. The van der Waals surface area contributed by atoms with E-state index < -0.39 is 5.82 Å². The summed E-state index contributed by atoms with van der Waals surface area (Å²) in [5.41, 5.74) is 1.02. The van der Waals surface area contributed by atoms with E-state index in [2.05, 4.69) is 15.6 Å². The van der Waals surface area contributed by atoms with Crippen molar-refractivity contribution in [3.8, 4) is 5.75 Å². The molecule has 166 valence electrons. The molecule has 0 unspecified atom stereocenters. The van der Waals surface area contributed by atoms with Crippen molar-refractivity contribution < 1.29 is 18.7 Å². The van der Waals surface area contributed by atoms with Gasteiger partial charge in [-0.3, -0.25) is 9.59 Å². The number of nitrogens with one attached hydrogen (secondary N) is 2. The van der Waals surface area contributed by atoms with Crippen LogP contribution in [0.2, 0.25) is 10.0 Å². The number of nitrogens with zero attached hydrogens (tertiary/aromatic N) is 1. The molecule has 1 fully saturated rings. The number of hydrogen-bond acceptors (Lipinski definition) is 4. The summed E-state index contributed by atoms with van der Waals surface area (Å²) >= 11 is 11.6. The summed E-state index contributed by atoms with van der Waals surface area (Å²) in [5, 5.41) is 7.33. The maximum absolute atomic E-state index is 13.4. The molecule has 6 nitrogen and oxygen atoms in total. The Kier molecular flexibility index (Phi) is 6.77. The van der Waals surface area contributed by atoms with Gasteiger partial charge in [0, 0.05) is 28.6 Å². The van der Waals surface area contributed by atoms with Gasteiger partial charge in [0.2, 0.25) is 0 Å². The molecule has 2 atom stereocenters. The van der Waals surface area contributed by atoms with Crippen molar-refractivity contribution in [2.75, 3.05) is 6.61 Å². The SMILES string of the molecule is O=C(COc1ccc(Cl)c(F)c1)N[C@@H]1CC[C@H](NC(=O)c2ccc3cc(Cl)ccc3n2)C1. The number of halogens is 3. The van der Waals surface area contributed by atoms with Gasteiger partial charge in [-0.25, -0.2) is 9.37 Å². The molecule has 2 aromatic carbocycles. The molecule has 0 spiro atoms. The number of carbonyl (C=O) groups is 2. The number of hydrogen-bond donors (Lipinski definition) is 2. The predicted octanol–water partition coefficient (Wildman–Crippen LogP) is 4.53. The topological polar surface area (TPSA) is 80.3 Å². The lowest BCUT2D eigenvalue weighted by atomic mass is 10.2. The second-order valence-corrected chi connectivity index (χ2v) is 8.49. The first kappa shape index (κ1) is 22.3. The summed E-state index contributed by atoms with van der Waals surface area (Å²) < 4.78 is 18.7. The Labute approximate surface area is 194 Å². The molecular weight excluding hydrogens is 456 g/mol. The van der Waals surface area contributed by atoms with Crippen LogP contribution in [0.4, 0.5) is 4.39 Å². The smallest absolute Gasteiger partial charge is 0.270 e. The average molecular weight is 476 g/mol. The first-order valence-electron chi connectivity index (χ1n) is 10.1. The summed E-state index contributed by atoms with van der Waals surface area (Å²) in [6, 6.07) is 12.6. The molecule has 32 heavy (non-hydrogen) atoms. The summed E-state index contributed by atoms with van der Waals surface area (Å²) in [6.45, 7) is -0.236. The van der Waals surface area contributed by atoms with Gasteiger partial charge < -0.3 is 15.4 Å². The van der Waals surface area contributed by atoms with Gasteiger partial charge in [-0.15, -0.1) is 0 Å². The van der Waals surface area contributed by atoms with E-state index in [4.69, 9.17) is 27.9 Å². The highest BCUT2D eigenvalue weighted by molar-refractivity contribution is 6.31. The molecule has 1 aliphatic rings. The fourth-order valence-corrected chi connectivity index (χ4v) is 4.01. The molecule has 0 bridgehead atoms. The lowest BCUT2D eigenvalue weighted by Gasteiger charge is -2.15. The van der Waals surface area contributed by atoms with Crippen LogP contribution >= 0.6 is 23.2 Å². The average Bonchev–Trinajstić information content (AvgIpc) is 3.20. The number of rotatable bonds is 6. The molecular formula is C23H20Cl2FN3O3. The van der Waals surface area contributed by atoms with Crippen LogP contribution in [-0.2, 0) is 4.79 Å². The minimum absolute atomic E-state index is 0.0101. The number of ether oxygens (including phenoxy) is 1. The number of pyridine rings is 1. The molecule has 1 heterocycles. The molecule has 0 saturated heterocycles. The Bertz CT molecular complexity index is 1170. The number of amides is 2. The van der Waals surface area contributed by atoms with Gasteiger partial charge in [-0.1, -0.05) is 29.3 Å². The van der Waals surface area contributed by atoms with Crippen LogP contribution in [0.3, 0.4) is 0 Å². The van der Waals surface area contributed by atoms with E-state index in [1.165, 1.54) is 12.1 Å². The Hall–Kier alpha value is -2.90. The third kappa shape index (κ3) is 5.47. The fourth-order valence-electron chi connectivity index (χ4n) is 3.71. The Morgan fingerprint density at radius 3 is 2.59 bits per heavy atom. The van der Waals surface area contributed by atoms with E-state index in [0.29, 0.717) is 22.7 Å². The number of fused-ring (bicyclic) bond motifs is 1. The largest absolute Gasteiger partial charge is 0.484 e. The maximum Gasteiger partial charge on any atom is 0.270 e. The number of aromatic nitrogens is 1. The van der Waals surface area contributed by atoms with Gasteiger partial charge in [0.25, 0.3) is 11.8 Å². The predicted molar refractivity (Wildman–Crippen MR) is 121 cm³/mol. The zero-order valence-corrected chi connectivity index (χ0v) is 18.4. The zero-order valence-electron chi connectivity index (χ0n) is 16.9. The van der Waals surface area contributed by atoms with Crippen molar-refractivity contribution >= 4 is 45.9 Å². The number of benzene rings is 2.